The number of fused-ring (bicyclic) bond motifs is 1. The van der Waals surface area contributed by atoms with Crippen LogP contribution in [0.2, 0.25) is 0 Å². The average Bonchev–Trinajstić information content (AvgIpc) is 2.66. The zero-order valence-corrected chi connectivity index (χ0v) is 15.6. The number of benzene rings is 1. The maximum atomic E-state index is 14.7. The number of aromatic nitrogens is 1. The van der Waals surface area contributed by atoms with Crippen LogP contribution in [-0.2, 0) is 0 Å². The van der Waals surface area contributed by atoms with Crippen molar-refractivity contribution in [2.75, 3.05) is 5.32 Å². The molecule has 1 saturated carbocycles. The number of aldehydes is 1. The van der Waals surface area contributed by atoms with E-state index in [1.54, 1.807) is 12.3 Å². The van der Waals surface area contributed by atoms with E-state index >= 15 is 0 Å². The molecule has 1 fully saturated rings. The van der Waals surface area contributed by atoms with Crippen LogP contribution in [0, 0.1) is 5.82 Å². The molecule has 0 bridgehead atoms. The van der Waals surface area contributed by atoms with Gasteiger partial charge in [-0.15, -0.1) is 0 Å². The van der Waals surface area contributed by atoms with Crippen molar-refractivity contribution in [2.24, 2.45) is 0 Å². The zero-order valence-electron chi connectivity index (χ0n) is 15.6. The van der Waals surface area contributed by atoms with Gasteiger partial charge in [0, 0.05) is 25.1 Å². The van der Waals surface area contributed by atoms with Gasteiger partial charge >= 0.3 is 0 Å². The summed E-state index contributed by atoms with van der Waals surface area (Å²) in [7, 11) is 0. The summed E-state index contributed by atoms with van der Waals surface area (Å²) in [5, 5.41) is 3.60. The molecule has 3 rings (SSSR count). The Morgan fingerprint density at radius 1 is 1.27 bits per heavy atom. The van der Waals surface area contributed by atoms with E-state index in [1.165, 1.54) is 12.5 Å². The second-order valence-electron chi connectivity index (χ2n) is 7.24. The molecule has 5 heteroatoms. The summed E-state index contributed by atoms with van der Waals surface area (Å²) in [6.45, 7) is 4.15. The number of carbonyl (C=O) groups excluding carboxylic acids is 1. The lowest BCUT2D eigenvalue weighted by Crippen LogP contribution is -2.23. The van der Waals surface area contributed by atoms with Gasteiger partial charge in [0.25, 0.3) is 0 Å². The van der Waals surface area contributed by atoms with Crippen molar-refractivity contribution in [3.63, 3.8) is 0 Å². The number of hydrogen-bond acceptors (Lipinski definition) is 3. The van der Waals surface area contributed by atoms with E-state index in [2.05, 4.69) is 19.2 Å². The number of carbonyl (C=O) groups is 1. The number of nitrogens with one attached hydrogen (secondary N) is 1. The summed E-state index contributed by atoms with van der Waals surface area (Å²) in [6.07, 6.45) is 9.57. The van der Waals surface area contributed by atoms with Gasteiger partial charge in [0.05, 0.1) is 16.8 Å². The highest BCUT2D eigenvalue weighted by molar-refractivity contribution is 5.88. The minimum absolute atomic E-state index is 0. The molecule has 1 aromatic carbocycles. The molecule has 0 spiro atoms. The zero-order chi connectivity index (χ0) is 18.7. The van der Waals surface area contributed by atoms with Gasteiger partial charge in [-0.25, -0.2) is 4.39 Å². The van der Waals surface area contributed by atoms with Gasteiger partial charge in [-0.1, -0.05) is 33.1 Å². The molecule has 4 nitrogen and oxygen atoms in total. The van der Waals surface area contributed by atoms with E-state index in [-0.39, 0.29) is 24.5 Å². The second-order valence-corrected chi connectivity index (χ2v) is 7.24. The molecule has 1 heterocycles. The minimum Gasteiger partial charge on any atom is -0.380 e. The molecule has 0 aliphatic heterocycles. The molecule has 1 aliphatic carbocycles. The van der Waals surface area contributed by atoms with Crippen LogP contribution in [0.15, 0.2) is 23.1 Å². The van der Waals surface area contributed by atoms with Gasteiger partial charge in [-0.2, -0.15) is 0 Å². The third-order valence-corrected chi connectivity index (χ3v) is 5.58. The van der Waals surface area contributed by atoms with Crippen LogP contribution in [0.1, 0.15) is 76.6 Å². The summed E-state index contributed by atoms with van der Waals surface area (Å²) in [5.41, 5.74) is 0.813. The predicted molar refractivity (Wildman–Crippen MR) is 106 cm³/mol. The van der Waals surface area contributed by atoms with Gasteiger partial charge < -0.3 is 9.88 Å². The number of anilines is 1. The predicted octanol–water partition coefficient (Wildman–Crippen LogP) is 5.30. The lowest BCUT2D eigenvalue weighted by atomic mass is 9.95. The smallest absolute Gasteiger partial charge is 0.199 e. The van der Waals surface area contributed by atoms with Crippen molar-refractivity contribution < 1.29 is 10.6 Å². The molecule has 0 radical (unpaired) electrons. The first-order valence-corrected chi connectivity index (χ1v) is 9.69. The summed E-state index contributed by atoms with van der Waals surface area (Å²) < 4.78 is 16.7. The molecule has 26 heavy (non-hydrogen) atoms. The Bertz CT molecular complexity index is 855. The Morgan fingerprint density at radius 3 is 2.58 bits per heavy atom. The highest BCUT2D eigenvalue weighted by atomic mass is 19.1. The Kier molecular flexibility index (Phi) is 5.74. The van der Waals surface area contributed by atoms with E-state index < -0.39 is 11.2 Å². The van der Waals surface area contributed by atoms with Crippen LogP contribution in [0.5, 0.6) is 0 Å². The average molecular weight is 360 g/mol. The van der Waals surface area contributed by atoms with Crippen molar-refractivity contribution >= 4 is 22.9 Å². The van der Waals surface area contributed by atoms with E-state index in [0.29, 0.717) is 17.5 Å². The summed E-state index contributed by atoms with van der Waals surface area (Å²) in [6, 6.07) is 3.46. The molecular formula is C21H29FN2O2. The molecule has 1 N–H and O–H groups in total. The first-order chi connectivity index (χ1) is 12.6. The third-order valence-electron chi connectivity index (χ3n) is 5.58. The quantitative estimate of drug-likeness (QED) is 0.711. The number of pyridine rings is 1. The Labute approximate surface area is 154 Å². The number of hydrogen-bond donors (Lipinski definition) is 1. The lowest BCUT2D eigenvalue weighted by molar-refractivity contribution is 0.112. The van der Waals surface area contributed by atoms with E-state index in [0.717, 1.165) is 38.5 Å². The number of rotatable bonds is 6. The minimum atomic E-state index is -0.431. The third kappa shape index (κ3) is 3.53. The largest absolute Gasteiger partial charge is 0.380 e. The first kappa shape index (κ1) is 18.6. The number of nitrogens with zero attached hydrogens (tertiary/aromatic N) is 1. The molecule has 0 saturated heterocycles. The monoisotopic (exact) mass is 360 g/mol. The molecule has 0 unspecified atom stereocenters. The lowest BCUT2D eigenvalue weighted by Gasteiger charge is -2.25. The fourth-order valence-corrected chi connectivity index (χ4v) is 4.04. The van der Waals surface area contributed by atoms with Crippen LogP contribution in [0.25, 0.3) is 10.9 Å². The van der Waals surface area contributed by atoms with E-state index in [1.807, 2.05) is 4.57 Å². The van der Waals surface area contributed by atoms with Crippen molar-refractivity contribution in [2.45, 2.75) is 70.9 Å². The van der Waals surface area contributed by atoms with Crippen molar-refractivity contribution in [1.29, 1.82) is 0 Å². The van der Waals surface area contributed by atoms with Gasteiger partial charge in [-0.05, 0) is 37.8 Å². The molecule has 142 valence electrons. The van der Waals surface area contributed by atoms with Gasteiger partial charge in [0.15, 0.2) is 11.7 Å². The van der Waals surface area contributed by atoms with Crippen LogP contribution >= 0.6 is 0 Å². The van der Waals surface area contributed by atoms with Crippen LogP contribution < -0.4 is 10.7 Å². The topological polar surface area (TPSA) is 51.1 Å². The molecular weight excluding hydrogens is 331 g/mol. The highest BCUT2D eigenvalue weighted by Crippen LogP contribution is 2.28. The number of halogens is 1. The van der Waals surface area contributed by atoms with E-state index in [4.69, 9.17) is 0 Å². The highest BCUT2D eigenvalue weighted by Gasteiger charge is 2.19. The molecule has 2 aromatic rings. The van der Waals surface area contributed by atoms with E-state index in [9.17, 15) is 14.0 Å². The summed E-state index contributed by atoms with van der Waals surface area (Å²) in [5.74, 6) is -0.431. The Hall–Kier alpha value is -2.17. The molecule has 0 atom stereocenters. The summed E-state index contributed by atoms with van der Waals surface area (Å²) >= 11 is 0. The van der Waals surface area contributed by atoms with Crippen molar-refractivity contribution in [3.8, 4) is 0 Å². The Morgan fingerprint density at radius 2 is 1.96 bits per heavy atom. The van der Waals surface area contributed by atoms with Crippen molar-refractivity contribution in [1.82, 2.24) is 4.57 Å². The fraction of sp³-hybridized carbons (Fsp3) is 0.524. The SMILES string of the molecule is CCC(CC)n1cc(C=O)c(=O)c2cc(F)c(NC3CCCCC3)cc21.[HH]. The summed E-state index contributed by atoms with van der Waals surface area (Å²) in [4.78, 5) is 23.9. The normalized spacial score (nSPS) is 15.5. The molecule has 0 amide bonds. The van der Waals surface area contributed by atoms with Crippen LogP contribution in [0.3, 0.4) is 0 Å². The molecule has 1 aliphatic rings. The van der Waals surface area contributed by atoms with Gasteiger partial charge in [-0.3, -0.25) is 9.59 Å². The first-order valence-electron chi connectivity index (χ1n) is 9.69. The standard InChI is InChI=1S/C21H27FN2O2.H2/c1-3-16(4-2)24-12-14(13-25)21(26)17-10-18(22)19(11-20(17)24)23-15-8-6-5-7-9-15;/h10-13,15-16,23H,3-9H2,1-2H3;1H. The van der Waals surface area contributed by atoms with Gasteiger partial charge in [0.2, 0.25) is 0 Å². The van der Waals surface area contributed by atoms with Crippen molar-refractivity contribution in [3.05, 3.63) is 39.9 Å². The second kappa shape index (κ2) is 8.02. The maximum absolute atomic E-state index is 14.7. The Balaban J connectivity index is 0.00000261. The maximum Gasteiger partial charge on any atom is 0.199 e. The molecule has 1 aromatic heterocycles. The van der Waals surface area contributed by atoms with Crippen LogP contribution in [0.4, 0.5) is 10.1 Å². The van der Waals surface area contributed by atoms with Gasteiger partial charge in [0.1, 0.15) is 5.82 Å². The van der Waals surface area contributed by atoms with Crippen LogP contribution in [-0.4, -0.2) is 16.9 Å². The fourth-order valence-electron chi connectivity index (χ4n) is 4.04.